The minimum absolute atomic E-state index is 0.237. The Morgan fingerprint density at radius 2 is 1.85 bits per heavy atom. The van der Waals surface area contributed by atoms with Crippen molar-refractivity contribution in [2.75, 3.05) is 26.2 Å². The van der Waals surface area contributed by atoms with Crippen LogP contribution in [0.4, 0.5) is 4.79 Å². The Morgan fingerprint density at radius 3 is 2.62 bits per heavy atom. The number of hydrogen-bond donors (Lipinski definition) is 2. The van der Waals surface area contributed by atoms with Crippen molar-refractivity contribution in [2.24, 2.45) is 0 Å². The lowest BCUT2D eigenvalue weighted by atomic mass is 10.0. The van der Waals surface area contributed by atoms with Crippen LogP contribution in [0.25, 0.3) is 22.3 Å². The zero-order valence-corrected chi connectivity index (χ0v) is 22.8. The van der Waals surface area contributed by atoms with Crippen LogP contribution in [-0.4, -0.2) is 83.2 Å². The zero-order valence-electron chi connectivity index (χ0n) is 21.2. The number of aliphatic hydroxyl groups is 1. The fourth-order valence-corrected chi connectivity index (χ4v) is 6.04. The Kier molecular flexibility index (Phi) is 7.20. The first-order valence-electron chi connectivity index (χ1n) is 13.1. The molecule has 0 saturated carbocycles. The van der Waals surface area contributed by atoms with Gasteiger partial charge >= 0.3 is 6.09 Å². The van der Waals surface area contributed by atoms with Gasteiger partial charge in [-0.15, -0.1) is 5.10 Å². The predicted octanol–water partition coefficient (Wildman–Crippen LogP) is 4.34. The average Bonchev–Trinajstić information content (AvgIpc) is 3.52. The van der Waals surface area contributed by atoms with Gasteiger partial charge in [0.1, 0.15) is 5.52 Å². The quantitative estimate of drug-likeness (QED) is 0.355. The van der Waals surface area contributed by atoms with E-state index in [1.807, 2.05) is 33.6 Å². The minimum atomic E-state index is -0.962. The molecule has 2 aliphatic heterocycles. The van der Waals surface area contributed by atoms with Gasteiger partial charge in [-0.3, -0.25) is 4.68 Å². The van der Waals surface area contributed by atoms with Gasteiger partial charge in [0.2, 0.25) is 0 Å². The molecule has 1 amide bonds. The van der Waals surface area contributed by atoms with Crippen molar-refractivity contribution in [1.82, 2.24) is 34.6 Å². The molecule has 2 aromatic heterocycles. The van der Waals surface area contributed by atoms with E-state index in [1.54, 1.807) is 12.1 Å². The van der Waals surface area contributed by atoms with Crippen LogP contribution in [0.1, 0.15) is 30.1 Å². The van der Waals surface area contributed by atoms with Crippen molar-refractivity contribution in [3.63, 3.8) is 0 Å². The molecule has 1 fully saturated rings. The summed E-state index contributed by atoms with van der Waals surface area (Å²) in [5.74, 6) is 0. The summed E-state index contributed by atoms with van der Waals surface area (Å²) in [6.45, 7) is 3.19. The van der Waals surface area contributed by atoms with E-state index in [-0.39, 0.29) is 12.6 Å². The number of carbonyl (C=O) groups is 1. The second-order valence-corrected chi connectivity index (χ2v) is 11.1. The van der Waals surface area contributed by atoms with Crippen molar-refractivity contribution in [3.8, 4) is 11.3 Å². The van der Waals surface area contributed by atoms with E-state index < -0.39 is 12.2 Å². The topological polar surface area (TPSA) is 113 Å². The van der Waals surface area contributed by atoms with Crippen LogP contribution >= 0.6 is 23.2 Å². The van der Waals surface area contributed by atoms with Crippen molar-refractivity contribution in [1.29, 1.82) is 0 Å². The smallest absolute Gasteiger partial charge is 0.407 e. The number of nitrogens with zero attached hydrogens (tertiary/aromatic N) is 7. The molecule has 1 unspecified atom stereocenters. The van der Waals surface area contributed by atoms with E-state index in [1.165, 1.54) is 4.90 Å². The summed E-state index contributed by atoms with van der Waals surface area (Å²) in [5.41, 5.74) is 5.19. The Bertz CT molecular complexity index is 1510. The number of aliphatic hydroxyl groups excluding tert-OH is 1. The standard InChI is InChI=1S/C27H29Cl2N7O3/c28-21-6-5-17(13-22(21)29)26-20-16-34(27(38)39)12-9-24(20)35(31-26)15-19(37)14-33-10-7-18(8-11-33)36-25-4-2-1-3-23(25)30-32-36/h1-6,13,18-19,37H,7-12,14-16H2,(H,38,39). The Hall–Kier alpha value is -3.18. The number of aromatic nitrogens is 5. The molecular formula is C27H29Cl2N7O3. The molecule has 1 saturated heterocycles. The number of amides is 1. The van der Waals surface area contributed by atoms with Crippen molar-refractivity contribution < 1.29 is 15.0 Å². The van der Waals surface area contributed by atoms with Crippen LogP contribution in [0.2, 0.25) is 10.0 Å². The van der Waals surface area contributed by atoms with Crippen LogP contribution in [0.5, 0.6) is 0 Å². The molecular weight excluding hydrogens is 541 g/mol. The van der Waals surface area contributed by atoms with Gasteiger partial charge in [-0.05, 0) is 37.1 Å². The highest BCUT2D eigenvalue weighted by Gasteiger charge is 2.30. The molecule has 0 aliphatic carbocycles. The largest absolute Gasteiger partial charge is 0.465 e. The fraction of sp³-hybridized carbons (Fsp3) is 0.407. The van der Waals surface area contributed by atoms with Gasteiger partial charge in [0.15, 0.2) is 0 Å². The molecule has 1 atom stereocenters. The molecule has 0 bridgehead atoms. The molecule has 0 spiro atoms. The molecule has 4 aromatic rings. The lowest BCUT2D eigenvalue weighted by Crippen LogP contribution is -2.41. The number of piperidine rings is 1. The van der Waals surface area contributed by atoms with Gasteiger partial charge in [-0.25, -0.2) is 9.48 Å². The number of likely N-dealkylation sites (tertiary alicyclic amines) is 1. The van der Waals surface area contributed by atoms with E-state index in [0.717, 1.165) is 53.8 Å². The molecule has 2 aliphatic rings. The SMILES string of the molecule is O=C(O)N1CCc2c(c(-c3ccc(Cl)c(Cl)c3)nn2CC(O)CN2CCC(n3nnc4ccccc43)CC2)C1. The third-order valence-electron chi connectivity index (χ3n) is 7.73. The first kappa shape index (κ1) is 26.1. The first-order chi connectivity index (χ1) is 18.9. The lowest BCUT2D eigenvalue weighted by Gasteiger charge is -2.33. The number of hydrogen-bond acceptors (Lipinski definition) is 6. The van der Waals surface area contributed by atoms with Gasteiger partial charge in [0, 0.05) is 49.4 Å². The summed E-state index contributed by atoms with van der Waals surface area (Å²) in [6, 6.07) is 13.6. The number of fused-ring (bicyclic) bond motifs is 2. The maximum absolute atomic E-state index is 11.7. The minimum Gasteiger partial charge on any atom is -0.465 e. The Morgan fingerprint density at radius 1 is 1.05 bits per heavy atom. The van der Waals surface area contributed by atoms with Crippen LogP contribution < -0.4 is 0 Å². The normalized spacial score (nSPS) is 17.5. The highest BCUT2D eigenvalue weighted by atomic mass is 35.5. The molecule has 204 valence electrons. The summed E-state index contributed by atoms with van der Waals surface area (Å²) in [7, 11) is 0. The third-order valence-corrected chi connectivity index (χ3v) is 8.47. The van der Waals surface area contributed by atoms with Gasteiger partial charge in [-0.1, -0.05) is 46.6 Å². The van der Waals surface area contributed by atoms with Crippen LogP contribution in [0.3, 0.4) is 0 Å². The average molecular weight is 570 g/mol. The van der Waals surface area contributed by atoms with Gasteiger partial charge in [-0.2, -0.15) is 5.10 Å². The molecule has 6 rings (SSSR count). The maximum atomic E-state index is 11.7. The molecule has 39 heavy (non-hydrogen) atoms. The molecule has 4 heterocycles. The molecule has 2 aromatic carbocycles. The summed E-state index contributed by atoms with van der Waals surface area (Å²) in [4.78, 5) is 15.3. The highest BCUT2D eigenvalue weighted by Crippen LogP contribution is 2.34. The summed E-state index contributed by atoms with van der Waals surface area (Å²) < 4.78 is 3.87. The number of para-hydroxylation sites is 1. The Balaban J connectivity index is 1.15. The number of β-amino-alcohol motifs (C(OH)–C–C–N with tert-alkyl or cyclic N) is 1. The predicted molar refractivity (Wildman–Crippen MR) is 148 cm³/mol. The van der Waals surface area contributed by atoms with E-state index in [4.69, 9.17) is 28.3 Å². The van der Waals surface area contributed by atoms with Crippen molar-refractivity contribution in [3.05, 3.63) is 63.8 Å². The summed E-state index contributed by atoms with van der Waals surface area (Å²) >= 11 is 12.4. The van der Waals surface area contributed by atoms with E-state index in [2.05, 4.69) is 21.3 Å². The summed E-state index contributed by atoms with van der Waals surface area (Å²) in [6.07, 6.45) is 0.806. The number of benzene rings is 2. The van der Waals surface area contributed by atoms with Crippen LogP contribution in [-0.2, 0) is 19.5 Å². The molecule has 12 heteroatoms. The monoisotopic (exact) mass is 569 g/mol. The van der Waals surface area contributed by atoms with Gasteiger partial charge in [0.25, 0.3) is 0 Å². The number of rotatable bonds is 6. The van der Waals surface area contributed by atoms with Crippen LogP contribution in [0.15, 0.2) is 42.5 Å². The second kappa shape index (κ2) is 10.8. The Labute approximate surface area is 235 Å². The van der Waals surface area contributed by atoms with E-state index in [9.17, 15) is 15.0 Å². The fourth-order valence-electron chi connectivity index (χ4n) is 5.74. The lowest BCUT2D eigenvalue weighted by molar-refractivity contribution is 0.0750. The summed E-state index contributed by atoms with van der Waals surface area (Å²) in [5, 5.41) is 35.0. The number of halogens is 2. The highest BCUT2D eigenvalue weighted by molar-refractivity contribution is 6.42. The first-order valence-corrected chi connectivity index (χ1v) is 13.8. The van der Waals surface area contributed by atoms with Crippen molar-refractivity contribution >= 4 is 40.3 Å². The molecule has 2 N–H and O–H groups in total. The third kappa shape index (κ3) is 5.21. The zero-order chi connectivity index (χ0) is 27.1. The van der Waals surface area contributed by atoms with E-state index in [0.29, 0.717) is 41.8 Å². The maximum Gasteiger partial charge on any atom is 0.407 e. The van der Waals surface area contributed by atoms with Crippen LogP contribution in [0, 0.1) is 0 Å². The molecule has 10 nitrogen and oxygen atoms in total. The number of carboxylic acid groups (broad SMARTS) is 1. The second-order valence-electron chi connectivity index (χ2n) is 10.2. The van der Waals surface area contributed by atoms with Gasteiger partial charge in [0.05, 0.1) is 46.5 Å². The molecule has 0 radical (unpaired) electrons. The van der Waals surface area contributed by atoms with Gasteiger partial charge < -0.3 is 20.0 Å². The van der Waals surface area contributed by atoms with Crippen molar-refractivity contribution in [2.45, 2.75) is 44.5 Å². The van der Waals surface area contributed by atoms with E-state index >= 15 is 0 Å².